The van der Waals surface area contributed by atoms with E-state index in [1.807, 2.05) is 0 Å². The van der Waals surface area contributed by atoms with Crippen molar-refractivity contribution in [3.8, 4) is 0 Å². The van der Waals surface area contributed by atoms with Crippen molar-refractivity contribution in [3.05, 3.63) is 0 Å². The van der Waals surface area contributed by atoms with E-state index in [1.165, 1.54) is 11.6 Å². The molecular weight excluding hydrogens is 214 g/mol. The van der Waals surface area contributed by atoms with Crippen LogP contribution in [0.25, 0.3) is 0 Å². The van der Waals surface area contributed by atoms with E-state index in [9.17, 15) is 0 Å². The monoisotopic (exact) mass is 221 g/mol. The number of hydrogen-bond donors (Lipinski definition) is 0. The van der Waals surface area contributed by atoms with Crippen LogP contribution in [0.2, 0.25) is 5.13 Å². The van der Waals surface area contributed by atoms with Crippen LogP contribution in [0, 0.1) is 0 Å². The van der Waals surface area contributed by atoms with Crippen molar-refractivity contribution in [1.82, 2.24) is 0 Å². The summed E-state index contributed by atoms with van der Waals surface area (Å²) in [5, 5.41) is 1.47. The molecule has 0 amide bonds. The van der Waals surface area contributed by atoms with Gasteiger partial charge >= 0.3 is 51.3 Å². The standard InChI is InChI=1S/C3H7.HI.V/c1-3-2;;/h1,3H2,2H3;1H;/q;;+1/p-1. The van der Waals surface area contributed by atoms with Crippen LogP contribution in [0.1, 0.15) is 13.3 Å². The van der Waals surface area contributed by atoms with Crippen molar-refractivity contribution in [1.29, 1.82) is 0 Å². The first kappa shape index (κ1) is 6.31. The molecule has 0 spiro atoms. The van der Waals surface area contributed by atoms with Gasteiger partial charge in [0.15, 0.2) is 0 Å². The molecule has 0 aromatic carbocycles. The number of rotatable bonds is 2. The molecule has 2 heteroatoms. The van der Waals surface area contributed by atoms with Crippen molar-refractivity contribution in [2.45, 2.75) is 18.5 Å². The van der Waals surface area contributed by atoms with E-state index in [2.05, 4.69) is 26.9 Å². The Morgan fingerprint density at radius 3 is 2.40 bits per heavy atom. The van der Waals surface area contributed by atoms with Gasteiger partial charge in [-0.25, -0.2) is 0 Å². The third kappa shape index (κ3) is 5.31. The average molecular weight is 221 g/mol. The number of halogens is 1. The van der Waals surface area contributed by atoms with Gasteiger partial charge in [0.2, 0.25) is 0 Å². The second-order valence-electron chi connectivity index (χ2n) is 0.843. The molecule has 5 heavy (non-hydrogen) atoms. The summed E-state index contributed by atoms with van der Waals surface area (Å²) in [5.41, 5.74) is 0. The summed E-state index contributed by atoms with van der Waals surface area (Å²) >= 11 is 3.17. The van der Waals surface area contributed by atoms with Crippen LogP contribution in [-0.2, 0) is 12.9 Å². The summed E-state index contributed by atoms with van der Waals surface area (Å²) in [7, 11) is 0. The fraction of sp³-hybridized carbons (Fsp3) is 1.00. The molecule has 0 saturated heterocycles. The van der Waals surface area contributed by atoms with Crippen molar-refractivity contribution < 1.29 is 12.9 Å². The van der Waals surface area contributed by atoms with Crippen molar-refractivity contribution in [2.75, 3.05) is 0 Å². The maximum atomic E-state index is 2.48. The second kappa shape index (κ2) is 5.31. The Labute approximate surface area is 51.2 Å². The van der Waals surface area contributed by atoms with E-state index in [0.717, 1.165) is 0 Å². The molecule has 0 nitrogen and oxygen atoms in total. The zero-order valence-electron chi connectivity index (χ0n) is 3.24. The molecule has 0 aliphatic carbocycles. The van der Waals surface area contributed by atoms with Gasteiger partial charge in [0.25, 0.3) is 0 Å². The van der Waals surface area contributed by atoms with Gasteiger partial charge < -0.3 is 0 Å². The average Bonchev–Trinajstić information content (AvgIpc) is 1.41. The second-order valence-corrected chi connectivity index (χ2v) is 4.73. The molecule has 31 valence electrons. The summed E-state index contributed by atoms with van der Waals surface area (Å²) < 4.78 is 0. The Bertz CT molecular complexity index is 14.4. The molecule has 0 rings (SSSR count). The number of hydrogen-bond acceptors (Lipinski definition) is 0. The topological polar surface area (TPSA) is 0 Å². The predicted octanol–water partition coefficient (Wildman–Crippen LogP) is 2.25. The van der Waals surface area contributed by atoms with Crippen molar-refractivity contribution in [3.63, 3.8) is 0 Å². The van der Waals surface area contributed by atoms with Crippen LogP contribution in [0.15, 0.2) is 0 Å². The Morgan fingerprint density at radius 2 is 2.40 bits per heavy atom. The summed E-state index contributed by atoms with van der Waals surface area (Å²) in [6, 6.07) is 0. The maximum absolute atomic E-state index is 2.48. The van der Waals surface area contributed by atoms with Gasteiger partial charge in [-0.15, -0.1) is 0 Å². The van der Waals surface area contributed by atoms with Crippen molar-refractivity contribution >= 4 is 20.0 Å². The SMILES string of the molecule is CC[CH2][V][I]. The van der Waals surface area contributed by atoms with Crippen LogP contribution in [-0.4, -0.2) is 0 Å². The van der Waals surface area contributed by atoms with Crippen LogP contribution >= 0.6 is 20.0 Å². The third-order valence-corrected chi connectivity index (χ3v) is 3.26. The van der Waals surface area contributed by atoms with Crippen molar-refractivity contribution in [2.24, 2.45) is 0 Å². The Kier molecular flexibility index (Phi) is 6.71. The van der Waals surface area contributed by atoms with E-state index in [4.69, 9.17) is 0 Å². The van der Waals surface area contributed by atoms with Crippen LogP contribution in [0.3, 0.4) is 0 Å². The van der Waals surface area contributed by atoms with E-state index in [0.29, 0.717) is 12.9 Å². The Hall–Kier alpha value is 1.31. The molecule has 0 aromatic rings. The molecule has 0 saturated carbocycles. The Balaban J connectivity index is 2.19. The third-order valence-electron chi connectivity index (χ3n) is 0.308. The van der Waals surface area contributed by atoms with Gasteiger partial charge in [-0.05, 0) is 0 Å². The van der Waals surface area contributed by atoms with Gasteiger partial charge in [-0.1, -0.05) is 0 Å². The van der Waals surface area contributed by atoms with Gasteiger partial charge in [-0.2, -0.15) is 0 Å². The van der Waals surface area contributed by atoms with E-state index in [-0.39, 0.29) is 0 Å². The quantitative estimate of drug-likeness (QED) is 0.627. The first-order valence-electron chi connectivity index (χ1n) is 1.69. The van der Waals surface area contributed by atoms with Gasteiger partial charge in [0, 0.05) is 0 Å². The summed E-state index contributed by atoms with van der Waals surface area (Å²) in [6.07, 6.45) is 1.38. The molecule has 0 aromatic heterocycles. The molecule has 0 aliphatic heterocycles. The van der Waals surface area contributed by atoms with Gasteiger partial charge in [0.05, 0.1) is 0 Å². The van der Waals surface area contributed by atoms with Crippen LogP contribution < -0.4 is 0 Å². The first-order chi connectivity index (χ1) is 2.41. The fourth-order valence-electron chi connectivity index (χ4n) is 0.0845. The molecule has 0 atom stereocenters. The molecule has 0 fully saturated rings. The molecule has 0 heterocycles. The minimum atomic E-state index is 0.686. The summed E-state index contributed by atoms with van der Waals surface area (Å²) in [6.45, 7) is 2.23. The van der Waals surface area contributed by atoms with Gasteiger partial charge in [-0.3, -0.25) is 0 Å². The predicted molar refractivity (Wildman–Crippen MR) is 29.1 cm³/mol. The first-order valence-corrected chi connectivity index (χ1v) is 7.19. The molecule has 0 unspecified atom stereocenters. The normalized spacial score (nSPS) is 7.60. The Morgan fingerprint density at radius 1 is 1.80 bits per heavy atom. The molecule has 0 aliphatic rings. The fourth-order valence-corrected chi connectivity index (χ4v) is 2.34. The van der Waals surface area contributed by atoms with E-state index in [1.54, 1.807) is 0 Å². The molecule has 0 radical (unpaired) electrons. The van der Waals surface area contributed by atoms with Gasteiger partial charge in [0.1, 0.15) is 0 Å². The van der Waals surface area contributed by atoms with E-state index < -0.39 is 0 Å². The zero-order chi connectivity index (χ0) is 4.12. The van der Waals surface area contributed by atoms with Crippen LogP contribution in [0.4, 0.5) is 0 Å². The minimum absolute atomic E-state index is 0.686. The summed E-state index contributed by atoms with van der Waals surface area (Å²) in [5.74, 6) is 0. The van der Waals surface area contributed by atoms with E-state index >= 15 is 0 Å². The molecule has 0 bridgehead atoms. The molecule has 0 N–H and O–H groups in total. The summed E-state index contributed by atoms with van der Waals surface area (Å²) in [4.78, 5) is 0. The molecular formula is C3H7IV. The van der Waals surface area contributed by atoms with Crippen LogP contribution in [0.5, 0.6) is 0 Å². The zero-order valence-corrected chi connectivity index (χ0v) is 6.79.